The summed E-state index contributed by atoms with van der Waals surface area (Å²) in [4.78, 5) is 51.9. The van der Waals surface area contributed by atoms with Crippen molar-refractivity contribution in [2.75, 3.05) is 19.7 Å². The molecule has 7 N–H and O–H groups in total. The molecule has 4 heterocycles. The van der Waals surface area contributed by atoms with Crippen LogP contribution in [0.2, 0.25) is 0 Å². The van der Waals surface area contributed by atoms with Crippen LogP contribution in [-0.4, -0.2) is 88.4 Å². The Morgan fingerprint density at radius 3 is 2.32 bits per heavy atom. The van der Waals surface area contributed by atoms with Gasteiger partial charge in [-0.05, 0) is 25.5 Å². The number of phosphoric acid groups is 1. The number of aromatic carboxylic acids is 1. The van der Waals surface area contributed by atoms with Gasteiger partial charge < -0.3 is 64.6 Å². The highest BCUT2D eigenvalue weighted by Crippen LogP contribution is 2.30. The molecule has 0 spiro atoms. The number of aliphatic carboxylic acids is 2. The van der Waals surface area contributed by atoms with Crippen molar-refractivity contribution < 1.29 is 73.4 Å². The van der Waals surface area contributed by atoms with Gasteiger partial charge in [0.15, 0.2) is 24.5 Å². The third-order valence-electron chi connectivity index (χ3n) is 5.93. The van der Waals surface area contributed by atoms with Gasteiger partial charge in [0.05, 0.1) is 32.5 Å². The van der Waals surface area contributed by atoms with E-state index in [-0.39, 0.29) is 17.6 Å². The van der Waals surface area contributed by atoms with E-state index in [1.54, 1.807) is 0 Å². The van der Waals surface area contributed by atoms with E-state index in [9.17, 15) is 44.1 Å². The highest BCUT2D eigenvalue weighted by atomic mass is 31.2. The number of pyridine rings is 1. The number of carboxylic acid groups (broad SMARTS) is 3. The van der Waals surface area contributed by atoms with E-state index < -0.39 is 56.9 Å². The molecule has 3 aliphatic rings. The number of carboxylic acids is 3. The number of aromatic nitrogens is 1. The van der Waals surface area contributed by atoms with E-state index >= 15 is 0 Å². The number of carbonyl (C=O) groups is 3. The van der Waals surface area contributed by atoms with Gasteiger partial charge in [0.1, 0.15) is 18.2 Å². The number of nitrogens with zero attached hydrogens (tertiary/aromatic N) is 1. The minimum atomic E-state index is -5.24. The van der Waals surface area contributed by atoms with Crippen LogP contribution >= 0.6 is 7.82 Å². The first-order chi connectivity index (χ1) is 17.8. The van der Waals surface area contributed by atoms with Crippen LogP contribution in [0.5, 0.6) is 0 Å². The van der Waals surface area contributed by atoms with Gasteiger partial charge >= 0.3 is 11.9 Å². The highest BCUT2D eigenvalue weighted by molar-refractivity contribution is 7.43. The largest absolute Gasteiger partial charge is 0.790 e. The van der Waals surface area contributed by atoms with Crippen molar-refractivity contribution in [2.45, 2.75) is 62.3 Å². The van der Waals surface area contributed by atoms with Crippen molar-refractivity contribution >= 4 is 25.7 Å². The lowest BCUT2D eigenvalue weighted by molar-refractivity contribution is -0.765. The Kier molecular flexibility index (Phi) is 12.2. The molecule has 16 nitrogen and oxygen atoms in total. The molecule has 4 rings (SSSR count). The summed E-state index contributed by atoms with van der Waals surface area (Å²) in [5, 5.41) is 51.9. The molecule has 0 unspecified atom stereocenters. The second-order valence-electron chi connectivity index (χ2n) is 8.72. The zero-order chi connectivity index (χ0) is 28.5. The number of aliphatic hydroxyl groups is 2. The van der Waals surface area contributed by atoms with Crippen molar-refractivity contribution in [2.24, 2.45) is 0 Å². The Morgan fingerprint density at radius 1 is 1.16 bits per heavy atom. The minimum Gasteiger partial charge on any atom is -0.790 e. The Balaban J connectivity index is 0.000000256. The number of quaternary nitrogens is 1. The molecular weight excluding hydrogens is 533 g/mol. The van der Waals surface area contributed by atoms with E-state index in [0.29, 0.717) is 0 Å². The fourth-order valence-corrected chi connectivity index (χ4v) is 4.27. The van der Waals surface area contributed by atoms with E-state index in [1.807, 2.05) is 5.32 Å². The minimum absolute atomic E-state index is 0.144. The maximum absolute atomic E-state index is 10.8. The Bertz CT molecular complexity index is 968. The zero-order valence-electron chi connectivity index (χ0n) is 20.2. The number of nitrogens with two attached hydrogens (primary N) is 1. The molecule has 17 heteroatoms. The summed E-state index contributed by atoms with van der Waals surface area (Å²) >= 11 is 0. The van der Waals surface area contributed by atoms with Gasteiger partial charge in [-0.3, -0.25) is 4.79 Å². The monoisotopic (exact) mass is 564 g/mol. The van der Waals surface area contributed by atoms with Crippen LogP contribution in [0.4, 0.5) is 0 Å². The Hall–Kier alpha value is -2.53. The SMILES string of the molecule is O=C(O)[C@@H]1CCCN1.O=C(O)[C@@H]1CCC[NH2+]1.O=C([O-])c1ccc[n+]([C@@H]2O[C@H](COP(=O)([O-])[O-])[C@@H](O)[C@H]2O)c1. The fraction of sp³-hybridized carbons (Fsp3) is 0.619. The lowest BCUT2D eigenvalue weighted by Crippen LogP contribution is -2.88. The fourth-order valence-electron chi connectivity index (χ4n) is 3.94. The topological polar surface area (TPSA) is 269 Å². The smallest absolute Gasteiger partial charge is 0.362 e. The summed E-state index contributed by atoms with van der Waals surface area (Å²) in [6, 6.07) is 2.21. The number of hydrogen-bond donors (Lipinski definition) is 6. The summed E-state index contributed by atoms with van der Waals surface area (Å²) < 4.78 is 20.8. The molecule has 3 aliphatic heterocycles. The summed E-state index contributed by atoms with van der Waals surface area (Å²) in [6.45, 7) is 1.08. The molecule has 0 amide bonds. The third kappa shape index (κ3) is 9.98. The van der Waals surface area contributed by atoms with E-state index in [4.69, 9.17) is 14.9 Å². The average molecular weight is 564 g/mol. The standard InChI is InChI=1S/C11H14NO9P.2C5H9NO2/c13-8-7(5-20-22(17,18)19)21-10(9(8)14)12-3-1-2-6(4-12)11(15)16;2*7-5(8)4-2-1-3-6-4/h1-4,7-10,13-14H,5H2,(H2-,15,16,17,18,19);2*4,6H,1-3H2,(H,7,8)/p-1/t7-,8-,9-,10-;2*4-/m100/s1. The molecule has 6 atom stereocenters. The molecule has 214 valence electrons. The van der Waals surface area contributed by atoms with Crippen LogP contribution in [0, 0.1) is 0 Å². The number of nitrogens with one attached hydrogen (secondary N) is 1. The van der Waals surface area contributed by atoms with Crippen molar-refractivity contribution in [1.82, 2.24) is 5.32 Å². The quantitative estimate of drug-likeness (QED) is 0.133. The summed E-state index contributed by atoms with van der Waals surface area (Å²) in [7, 11) is -5.24. The maximum Gasteiger partial charge on any atom is 0.362 e. The van der Waals surface area contributed by atoms with Gasteiger partial charge in [-0.2, -0.15) is 4.57 Å². The lowest BCUT2D eigenvalue weighted by atomic mass is 10.1. The van der Waals surface area contributed by atoms with Crippen LogP contribution in [0.3, 0.4) is 0 Å². The molecule has 1 aromatic rings. The molecule has 0 aromatic carbocycles. The van der Waals surface area contributed by atoms with Crippen molar-refractivity contribution in [3.05, 3.63) is 30.1 Å². The van der Waals surface area contributed by atoms with E-state index in [1.165, 1.54) is 22.9 Å². The number of rotatable bonds is 7. The summed E-state index contributed by atoms with van der Waals surface area (Å²) in [5.74, 6) is -2.83. The zero-order valence-corrected chi connectivity index (χ0v) is 21.1. The van der Waals surface area contributed by atoms with Crippen molar-refractivity contribution in [3.8, 4) is 0 Å². The first kappa shape index (κ1) is 31.7. The molecule has 0 bridgehead atoms. The van der Waals surface area contributed by atoms with E-state index in [2.05, 4.69) is 9.84 Å². The second-order valence-corrected chi connectivity index (χ2v) is 9.87. The second kappa shape index (κ2) is 14.6. The van der Waals surface area contributed by atoms with Crippen molar-refractivity contribution in [3.63, 3.8) is 0 Å². The Morgan fingerprint density at radius 2 is 1.87 bits per heavy atom. The van der Waals surface area contributed by atoms with Crippen LogP contribution in [0.1, 0.15) is 42.3 Å². The molecule has 3 fully saturated rings. The number of carbonyl (C=O) groups excluding carboxylic acids is 1. The van der Waals surface area contributed by atoms with Crippen LogP contribution in [0.15, 0.2) is 24.5 Å². The average Bonchev–Trinajstić information content (AvgIpc) is 3.62. The predicted molar refractivity (Wildman–Crippen MR) is 117 cm³/mol. The molecule has 1 aromatic heterocycles. The molecule has 3 saturated heterocycles. The summed E-state index contributed by atoms with van der Waals surface area (Å²) in [5.41, 5.74) is -0.184. The molecular formula is C21H31N3O13P-. The number of phosphoric ester groups is 1. The van der Waals surface area contributed by atoms with Crippen LogP contribution in [0.25, 0.3) is 0 Å². The highest BCUT2D eigenvalue weighted by Gasteiger charge is 2.48. The van der Waals surface area contributed by atoms with E-state index in [0.717, 1.165) is 45.0 Å². The normalized spacial score (nSPS) is 28.5. The lowest BCUT2D eigenvalue weighted by Gasteiger charge is -2.30. The molecule has 38 heavy (non-hydrogen) atoms. The van der Waals surface area contributed by atoms with Crippen LogP contribution < -0.4 is 30.1 Å². The van der Waals surface area contributed by atoms with Gasteiger partial charge in [-0.15, -0.1) is 0 Å². The van der Waals surface area contributed by atoms with Crippen LogP contribution in [-0.2, 0) is 23.4 Å². The molecule has 0 radical (unpaired) electrons. The van der Waals surface area contributed by atoms with Gasteiger partial charge in [-0.1, -0.05) is 0 Å². The van der Waals surface area contributed by atoms with Gasteiger partial charge in [-0.25, -0.2) is 4.79 Å². The maximum atomic E-state index is 10.8. The summed E-state index contributed by atoms with van der Waals surface area (Å²) in [6.07, 6.45) is 0.728. The number of aliphatic hydroxyl groups excluding tert-OH is 2. The number of hydrogen-bond acceptors (Lipinski definition) is 12. The molecule has 0 saturated carbocycles. The van der Waals surface area contributed by atoms with Gasteiger partial charge in [0.25, 0.3) is 6.23 Å². The third-order valence-corrected chi connectivity index (χ3v) is 6.40. The van der Waals surface area contributed by atoms with Crippen molar-refractivity contribution in [1.29, 1.82) is 0 Å². The van der Waals surface area contributed by atoms with Gasteiger partial charge in [0, 0.05) is 18.9 Å². The predicted octanol–water partition coefficient (Wildman–Crippen LogP) is -5.58. The van der Waals surface area contributed by atoms with Gasteiger partial charge in [0.2, 0.25) is 0 Å². The Labute approximate surface area is 217 Å². The first-order valence-electron chi connectivity index (χ1n) is 11.7. The first-order valence-corrected chi connectivity index (χ1v) is 13.2. The number of ether oxygens (including phenoxy) is 1. The molecule has 0 aliphatic carbocycles.